The van der Waals surface area contributed by atoms with Crippen molar-refractivity contribution >= 4 is 28.7 Å². The number of carbonyl (C=O) groups is 3. The van der Waals surface area contributed by atoms with E-state index in [2.05, 4.69) is 15.0 Å². The van der Waals surface area contributed by atoms with Crippen LogP contribution in [0.5, 0.6) is 0 Å². The minimum Gasteiger partial charge on any atom is -0.469 e. The van der Waals surface area contributed by atoms with E-state index in [0.29, 0.717) is 5.52 Å². The van der Waals surface area contributed by atoms with E-state index in [-0.39, 0.29) is 18.5 Å². The minimum absolute atomic E-state index is 0.0183. The van der Waals surface area contributed by atoms with Crippen LogP contribution in [0.25, 0.3) is 10.9 Å². The summed E-state index contributed by atoms with van der Waals surface area (Å²) in [4.78, 5) is 39.0. The van der Waals surface area contributed by atoms with Crippen molar-refractivity contribution in [3.8, 4) is 0 Å². The molecule has 0 bridgehead atoms. The first kappa shape index (κ1) is 16.4. The molecule has 0 aliphatic heterocycles. The molecule has 0 radical (unpaired) electrons. The molecule has 0 aliphatic rings. The number of esters is 1. The molecule has 1 aromatic carbocycles. The maximum absolute atomic E-state index is 12.2. The van der Waals surface area contributed by atoms with E-state index < -0.39 is 23.8 Å². The molecular formula is C16H17N3O4. The van der Waals surface area contributed by atoms with E-state index in [1.165, 1.54) is 7.11 Å². The van der Waals surface area contributed by atoms with Crippen LogP contribution in [0.2, 0.25) is 0 Å². The molecule has 0 saturated heterocycles. The third kappa shape index (κ3) is 4.26. The Bertz CT molecular complexity index is 745. The maximum atomic E-state index is 12.2. The molecule has 2 rings (SSSR count). The summed E-state index contributed by atoms with van der Waals surface area (Å²) in [5.41, 5.74) is 6.10. The fraction of sp³-hybridized carbons (Fsp3) is 0.250. The number of nitrogens with zero attached hydrogens (tertiary/aromatic N) is 1. The average molecular weight is 315 g/mol. The van der Waals surface area contributed by atoms with Crippen LogP contribution in [0.4, 0.5) is 0 Å². The lowest BCUT2D eigenvalue weighted by atomic mass is 10.1. The summed E-state index contributed by atoms with van der Waals surface area (Å²) in [6.07, 6.45) is 0.0524. The number of methoxy groups -OCH3 is 1. The highest BCUT2D eigenvalue weighted by molar-refractivity contribution is 5.97. The summed E-state index contributed by atoms with van der Waals surface area (Å²) in [5.74, 6) is -1.72. The van der Waals surface area contributed by atoms with Crippen molar-refractivity contribution in [3.63, 3.8) is 0 Å². The number of fused-ring (bicyclic) bond motifs is 1. The molecule has 3 N–H and O–H groups in total. The number of rotatable bonds is 6. The summed E-state index contributed by atoms with van der Waals surface area (Å²) < 4.78 is 4.50. The van der Waals surface area contributed by atoms with E-state index in [9.17, 15) is 14.4 Å². The maximum Gasteiger partial charge on any atom is 0.305 e. The fourth-order valence-corrected chi connectivity index (χ4v) is 2.07. The van der Waals surface area contributed by atoms with Crippen molar-refractivity contribution in [1.29, 1.82) is 0 Å². The number of aromatic nitrogens is 1. The van der Waals surface area contributed by atoms with E-state index in [0.717, 1.165) is 5.39 Å². The highest BCUT2D eigenvalue weighted by atomic mass is 16.5. The number of nitrogens with two attached hydrogens (primary N) is 1. The number of primary amides is 1. The summed E-state index contributed by atoms with van der Waals surface area (Å²) in [5, 5.41) is 3.40. The second-order valence-corrected chi connectivity index (χ2v) is 4.93. The van der Waals surface area contributed by atoms with Crippen molar-refractivity contribution in [1.82, 2.24) is 10.3 Å². The van der Waals surface area contributed by atoms with Gasteiger partial charge in [-0.1, -0.05) is 24.3 Å². The van der Waals surface area contributed by atoms with Crippen LogP contribution < -0.4 is 11.1 Å². The van der Waals surface area contributed by atoms with Crippen LogP contribution in [0.1, 0.15) is 23.3 Å². The van der Waals surface area contributed by atoms with Crippen LogP contribution in [0.3, 0.4) is 0 Å². The molecule has 120 valence electrons. The molecule has 23 heavy (non-hydrogen) atoms. The van der Waals surface area contributed by atoms with E-state index in [4.69, 9.17) is 5.73 Å². The molecule has 0 unspecified atom stereocenters. The Labute approximate surface area is 132 Å². The SMILES string of the molecule is COC(=O)CC[C@@H](NC(=O)c1ccc2ccccc2n1)C(N)=O. The molecule has 2 aromatic rings. The predicted octanol–water partition coefficient (Wildman–Crippen LogP) is 0.772. The van der Waals surface area contributed by atoms with Crippen molar-refractivity contribution in [3.05, 3.63) is 42.1 Å². The molecule has 0 spiro atoms. The zero-order chi connectivity index (χ0) is 16.8. The quantitative estimate of drug-likeness (QED) is 0.765. The molecule has 1 heterocycles. The first-order chi connectivity index (χ1) is 11.0. The van der Waals surface area contributed by atoms with Gasteiger partial charge in [0.15, 0.2) is 0 Å². The van der Waals surface area contributed by atoms with Crippen LogP contribution in [-0.4, -0.2) is 35.9 Å². The van der Waals surface area contributed by atoms with E-state index in [1.807, 2.05) is 18.2 Å². The van der Waals surface area contributed by atoms with Crippen molar-refractivity contribution in [2.75, 3.05) is 7.11 Å². The highest BCUT2D eigenvalue weighted by Crippen LogP contribution is 2.12. The Morgan fingerprint density at radius 2 is 1.96 bits per heavy atom. The number of pyridine rings is 1. The van der Waals surface area contributed by atoms with Gasteiger partial charge in [0, 0.05) is 11.8 Å². The summed E-state index contributed by atoms with van der Waals surface area (Å²) in [6, 6.07) is 9.73. The smallest absolute Gasteiger partial charge is 0.305 e. The molecule has 7 nitrogen and oxygen atoms in total. The van der Waals surface area contributed by atoms with E-state index in [1.54, 1.807) is 18.2 Å². The van der Waals surface area contributed by atoms with Crippen LogP contribution >= 0.6 is 0 Å². The Morgan fingerprint density at radius 3 is 2.65 bits per heavy atom. The summed E-state index contributed by atoms with van der Waals surface area (Å²) >= 11 is 0. The van der Waals surface area contributed by atoms with Gasteiger partial charge in [0.25, 0.3) is 5.91 Å². The summed E-state index contributed by atoms with van der Waals surface area (Å²) in [6.45, 7) is 0. The van der Waals surface area contributed by atoms with Gasteiger partial charge in [-0.25, -0.2) is 4.98 Å². The predicted molar refractivity (Wildman–Crippen MR) is 83.4 cm³/mol. The van der Waals surface area contributed by atoms with Gasteiger partial charge < -0.3 is 15.8 Å². The van der Waals surface area contributed by atoms with E-state index >= 15 is 0 Å². The van der Waals surface area contributed by atoms with Gasteiger partial charge in [-0.05, 0) is 18.6 Å². The number of ether oxygens (including phenoxy) is 1. The molecule has 0 saturated carbocycles. The molecule has 1 aromatic heterocycles. The number of carbonyl (C=O) groups excluding carboxylic acids is 3. The lowest BCUT2D eigenvalue weighted by molar-refractivity contribution is -0.140. The number of hydrogen-bond donors (Lipinski definition) is 2. The van der Waals surface area contributed by atoms with Gasteiger partial charge in [-0.15, -0.1) is 0 Å². The van der Waals surface area contributed by atoms with Gasteiger partial charge >= 0.3 is 5.97 Å². The monoisotopic (exact) mass is 315 g/mol. The molecule has 0 fully saturated rings. The van der Waals surface area contributed by atoms with Gasteiger partial charge in [-0.3, -0.25) is 14.4 Å². The number of para-hydroxylation sites is 1. The number of nitrogens with one attached hydrogen (secondary N) is 1. The van der Waals surface area contributed by atoms with Crippen LogP contribution in [-0.2, 0) is 14.3 Å². The zero-order valence-electron chi connectivity index (χ0n) is 12.6. The first-order valence-electron chi connectivity index (χ1n) is 7.04. The van der Waals surface area contributed by atoms with Gasteiger partial charge in [0.2, 0.25) is 5.91 Å². The second-order valence-electron chi connectivity index (χ2n) is 4.93. The van der Waals surface area contributed by atoms with Crippen LogP contribution in [0.15, 0.2) is 36.4 Å². The average Bonchev–Trinajstić information content (AvgIpc) is 2.57. The largest absolute Gasteiger partial charge is 0.469 e. The minimum atomic E-state index is -0.963. The third-order valence-corrected chi connectivity index (χ3v) is 3.34. The Kier molecular flexibility index (Phi) is 5.24. The van der Waals surface area contributed by atoms with Crippen molar-refractivity contribution in [2.24, 2.45) is 5.73 Å². The van der Waals surface area contributed by atoms with Crippen molar-refractivity contribution < 1.29 is 19.1 Å². The number of benzene rings is 1. The summed E-state index contributed by atoms with van der Waals surface area (Å²) in [7, 11) is 1.25. The zero-order valence-corrected chi connectivity index (χ0v) is 12.6. The fourth-order valence-electron chi connectivity index (χ4n) is 2.07. The molecule has 7 heteroatoms. The van der Waals surface area contributed by atoms with Crippen LogP contribution in [0, 0.1) is 0 Å². The van der Waals surface area contributed by atoms with Gasteiger partial charge in [0.05, 0.1) is 12.6 Å². The highest BCUT2D eigenvalue weighted by Gasteiger charge is 2.21. The van der Waals surface area contributed by atoms with Gasteiger partial charge in [0.1, 0.15) is 11.7 Å². The number of amides is 2. The lowest BCUT2D eigenvalue weighted by Crippen LogP contribution is -2.44. The first-order valence-corrected chi connectivity index (χ1v) is 7.04. The Balaban J connectivity index is 2.10. The molecule has 0 aliphatic carbocycles. The second kappa shape index (κ2) is 7.35. The topological polar surface area (TPSA) is 111 Å². The number of hydrogen-bond acceptors (Lipinski definition) is 5. The van der Waals surface area contributed by atoms with Gasteiger partial charge in [-0.2, -0.15) is 0 Å². The normalized spacial score (nSPS) is 11.7. The third-order valence-electron chi connectivity index (χ3n) is 3.34. The lowest BCUT2D eigenvalue weighted by Gasteiger charge is -2.14. The Hall–Kier alpha value is -2.96. The Morgan fingerprint density at radius 1 is 1.22 bits per heavy atom. The molecule has 2 amide bonds. The van der Waals surface area contributed by atoms with Crippen molar-refractivity contribution in [2.45, 2.75) is 18.9 Å². The molecule has 1 atom stereocenters. The molecular weight excluding hydrogens is 298 g/mol. The standard InChI is InChI=1S/C16H17N3O4/c1-23-14(20)9-8-12(15(17)21)19-16(22)13-7-6-10-4-2-3-5-11(10)18-13/h2-7,12H,8-9H2,1H3,(H2,17,21)(H,19,22)/t12-/m1/s1.